The van der Waals surface area contributed by atoms with Gasteiger partial charge in [0.05, 0.1) is 12.9 Å². The number of ether oxygens (including phenoxy) is 2. The van der Waals surface area contributed by atoms with Crippen LogP contribution in [0.5, 0.6) is 0 Å². The Morgan fingerprint density at radius 3 is 3.11 bits per heavy atom. The van der Waals surface area contributed by atoms with Crippen molar-refractivity contribution < 1.29 is 14.6 Å². The summed E-state index contributed by atoms with van der Waals surface area (Å²) in [5.74, 6) is 0. The van der Waals surface area contributed by atoms with Gasteiger partial charge in [0, 0.05) is 13.0 Å². The number of aliphatic hydroxyl groups is 1. The average Bonchev–Trinajstić information content (AvgIpc) is 1.91. The first-order valence-electron chi connectivity index (χ1n) is 2.96. The van der Waals surface area contributed by atoms with Gasteiger partial charge in [0.25, 0.3) is 0 Å². The van der Waals surface area contributed by atoms with Crippen LogP contribution in [0, 0.1) is 0 Å². The van der Waals surface area contributed by atoms with Crippen LogP contribution in [-0.2, 0) is 9.47 Å². The van der Waals surface area contributed by atoms with Crippen molar-refractivity contribution in [2.24, 2.45) is 0 Å². The molecule has 0 amide bonds. The van der Waals surface area contributed by atoms with Crippen LogP contribution in [0.25, 0.3) is 0 Å². The molecular formula is C6H10O3. The molecule has 1 aliphatic rings. The highest BCUT2D eigenvalue weighted by Crippen LogP contribution is 2.04. The first-order valence-corrected chi connectivity index (χ1v) is 2.96. The molecule has 0 aromatic carbocycles. The predicted octanol–water partition coefficient (Wildman–Crippen LogP) is 0.255. The zero-order valence-corrected chi connectivity index (χ0v) is 5.12. The lowest BCUT2D eigenvalue weighted by Crippen LogP contribution is -2.19. The molecule has 1 aliphatic heterocycles. The third-order valence-electron chi connectivity index (χ3n) is 1.07. The molecule has 0 aromatic rings. The molecule has 1 atom stereocenters. The summed E-state index contributed by atoms with van der Waals surface area (Å²) in [5.41, 5.74) is 0. The van der Waals surface area contributed by atoms with Crippen LogP contribution in [0.2, 0.25) is 0 Å². The van der Waals surface area contributed by atoms with Gasteiger partial charge in [-0.15, -0.1) is 0 Å². The minimum absolute atomic E-state index is 0.110. The first-order chi connectivity index (χ1) is 4.43. The highest BCUT2D eigenvalue weighted by Gasteiger charge is 2.08. The second-order valence-corrected chi connectivity index (χ2v) is 1.78. The Morgan fingerprint density at radius 1 is 1.67 bits per heavy atom. The average molecular weight is 130 g/mol. The Labute approximate surface area is 53.9 Å². The van der Waals surface area contributed by atoms with Crippen LogP contribution >= 0.6 is 0 Å². The van der Waals surface area contributed by atoms with Gasteiger partial charge >= 0.3 is 0 Å². The molecule has 0 aliphatic carbocycles. The molecule has 3 nitrogen and oxygen atoms in total. The maximum Gasteiger partial charge on any atom is 0.201 e. The Morgan fingerprint density at radius 2 is 2.56 bits per heavy atom. The van der Waals surface area contributed by atoms with E-state index >= 15 is 0 Å². The summed E-state index contributed by atoms with van der Waals surface area (Å²) in [4.78, 5) is 0. The van der Waals surface area contributed by atoms with Crippen LogP contribution in [-0.4, -0.2) is 24.6 Å². The van der Waals surface area contributed by atoms with Crippen molar-refractivity contribution in [1.82, 2.24) is 0 Å². The smallest absolute Gasteiger partial charge is 0.201 e. The third kappa shape index (κ3) is 2.03. The summed E-state index contributed by atoms with van der Waals surface area (Å²) in [5, 5.41) is 8.43. The van der Waals surface area contributed by atoms with Gasteiger partial charge < -0.3 is 14.6 Å². The summed E-state index contributed by atoms with van der Waals surface area (Å²) < 4.78 is 10.0. The van der Waals surface area contributed by atoms with Crippen LogP contribution in [0.3, 0.4) is 0 Å². The SMILES string of the molecule is OCCC1OC=CCO1. The van der Waals surface area contributed by atoms with Crippen molar-refractivity contribution in [3.8, 4) is 0 Å². The van der Waals surface area contributed by atoms with Gasteiger partial charge in [-0.3, -0.25) is 0 Å². The molecule has 1 heterocycles. The predicted molar refractivity (Wildman–Crippen MR) is 31.7 cm³/mol. The second kappa shape index (κ2) is 3.48. The maximum atomic E-state index is 8.43. The fourth-order valence-electron chi connectivity index (χ4n) is 0.641. The summed E-state index contributed by atoms with van der Waals surface area (Å²) in [6.07, 6.45) is 3.70. The Bertz CT molecular complexity index is 100. The van der Waals surface area contributed by atoms with E-state index in [1.807, 2.05) is 0 Å². The third-order valence-corrected chi connectivity index (χ3v) is 1.07. The second-order valence-electron chi connectivity index (χ2n) is 1.78. The molecule has 0 saturated carbocycles. The highest BCUT2D eigenvalue weighted by atomic mass is 16.7. The van der Waals surface area contributed by atoms with Crippen LogP contribution < -0.4 is 0 Å². The normalized spacial score (nSPS) is 25.7. The minimum Gasteiger partial charge on any atom is -0.473 e. The Balaban J connectivity index is 2.18. The summed E-state index contributed by atoms with van der Waals surface area (Å²) in [6.45, 7) is 0.698. The number of rotatable bonds is 2. The number of aliphatic hydroxyl groups excluding tert-OH is 1. The molecule has 3 heteroatoms. The monoisotopic (exact) mass is 130 g/mol. The van der Waals surface area contributed by atoms with E-state index in [0.29, 0.717) is 13.0 Å². The van der Waals surface area contributed by atoms with Gasteiger partial charge in [-0.1, -0.05) is 0 Å². The van der Waals surface area contributed by atoms with E-state index in [1.54, 1.807) is 12.3 Å². The van der Waals surface area contributed by atoms with Crippen molar-refractivity contribution in [1.29, 1.82) is 0 Å². The van der Waals surface area contributed by atoms with E-state index in [4.69, 9.17) is 14.6 Å². The van der Waals surface area contributed by atoms with E-state index < -0.39 is 0 Å². The van der Waals surface area contributed by atoms with Crippen LogP contribution in [0.4, 0.5) is 0 Å². The lowest BCUT2D eigenvalue weighted by atomic mass is 10.4. The van der Waals surface area contributed by atoms with Crippen molar-refractivity contribution in [3.05, 3.63) is 12.3 Å². The molecular weight excluding hydrogens is 120 g/mol. The Hall–Kier alpha value is -0.540. The molecule has 0 radical (unpaired) electrons. The lowest BCUT2D eigenvalue weighted by Gasteiger charge is -2.18. The van der Waals surface area contributed by atoms with E-state index in [1.165, 1.54) is 0 Å². The zero-order valence-electron chi connectivity index (χ0n) is 5.12. The molecule has 0 saturated heterocycles. The summed E-state index contributed by atoms with van der Waals surface area (Å²) >= 11 is 0. The van der Waals surface area contributed by atoms with E-state index in [2.05, 4.69) is 0 Å². The number of hydrogen-bond donors (Lipinski definition) is 1. The lowest BCUT2D eigenvalue weighted by molar-refractivity contribution is -0.119. The topological polar surface area (TPSA) is 38.7 Å². The molecule has 1 rings (SSSR count). The fourth-order valence-corrected chi connectivity index (χ4v) is 0.641. The Kier molecular flexibility index (Phi) is 2.54. The fraction of sp³-hybridized carbons (Fsp3) is 0.667. The van der Waals surface area contributed by atoms with E-state index in [0.717, 1.165) is 0 Å². The van der Waals surface area contributed by atoms with Crippen molar-refractivity contribution in [2.75, 3.05) is 13.2 Å². The number of hydrogen-bond acceptors (Lipinski definition) is 3. The van der Waals surface area contributed by atoms with Crippen molar-refractivity contribution in [3.63, 3.8) is 0 Å². The summed E-state index contributed by atoms with van der Waals surface area (Å²) in [7, 11) is 0. The van der Waals surface area contributed by atoms with Gasteiger partial charge in [0.2, 0.25) is 6.29 Å². The molecule has 0 bridgehead atoms. The molecule has 9 heavy (non-hydrogen) atoms. The first kappa shape index (κ1) is 6.58. The molecule has 1 unspecified atom stereocenters. The van der Waals surface area contributed by atoms with Crippen molar-refractivity contribution in [2.45, 2.75) is 12.7 Å². The van der Waals surface area contributed by atoms with Crippen LogP contribution in [0.15, 0.2) is 12.3 Å². The van der Waals surface area contributed by atoms with E-state index in [9.17, 15) is 0 Å². The van der Waals surface area contributed by atoms with Gasteiger partial charge in [-0.25, -0.2) is 0 Å². The molecule has 52 valence electrons. The molecule has 0 spiro atoms. The minimum atomic E-state index is -0.236. The largest absolute Gasteiger partial charge is 0.473 e. The maximum absolute atomic E-state index is 8.43. The summed E-state index contributed by atoms with van der Waals surface area (Å²) in [6, 6.07) is 0. The standard InChI is InChI=1S/C6H10O3/c7-3-2-6-8-4-1-5-9-6/h1,4,6-7H,2-3,5H2. The van der Waals surface area contributed by atoms with E-state index in [-0.39, 0.29) is 12.9 Å². The quantitative estimate of drug-likeness (QED) is 0.582. The molecule has 0 aromatic heterocycles. The highest BCUT2D eigenvalue weighted by molar-refractivity contribution is 4.77. The molecule has 1 N–H and O–H groups in total. The van der Waals surface area contributed by atoms with Gasteiger partial charge in [0.1, 0.15) is 0 Å². The van der Waals surface area contributed by atoms with Crippen LogP contribution in [0.1, 0.15) is 6.42 Å². The van der Waals surface area contributed by atoms with Gasteiger partial charge in [-0.2, -0.15) is 0 Å². The van der Waals surface area contributed by atoms with Crippen molar-refractivity contribution >= 4 is 0 Å². The zero-order chi connectivity index (χ0) is 6.53. The van der Waals surface area contributed by atoms with Gasteiger partial charge in [-0.05, 0) is 6.08 Å². The van der Waals surface area contributed by atoms with Gasteiger partial charge in [0.15, 0.2) is 0 Å². The molecule has 0 fully saturated rings.